The predicted octanol–water partition coefficient (Wildman–Crippen LogP) is 3.89. The Morgan fingerprint density at radius 3 is 2.89 bits per heavy atom. The van der Waals surface area contributed by atoms with E-state index in [0.29, 0.717) is 0 Å². The Morgan fingerprint density at radius 1 is 1.33 bits per heavy atom. The molecule has 1 heterocycles. The molecular weight excluding hydrogens is 244 g/mol. The van der Waals surface area contributed by atoms with Gasteiger partial charge in [0.2, 0.25) is 0 Å². The Bertz CT molecular complexity index is 525. The van der Waals surface area contributed by atoms with E-state index in [9.17, 15) is 0 Å². The maximum absolute atomic E-state index is 5.99. The van der Waals surface area contributed by atoms with Gasteiger partial charge in [0.25, 0.3) is 0 Å². The molecule has 1 aromatic carbocycles. The van der Waals surface area contributed by atoms with Crippen molar-refractivity contribution in [2.24, 2.45) is 0 Å². The van der Waals surface area contributed by atoms with E-state index >= 15 is 0 Å². The van der Waals surface area contributed by atoms with Crippen molar-refractivity contribution in [1.82, 2.24) is 10.3 Å². The van der Waals surface area contributed by atoms with Gasteiger partial charge in [-0.25, -0.2) is 0 Å². The summed E-state index contributed by atoms with van der Waals surface area (Å²) in [5, 5.41) is 4.26. The lowest BCUT2D eigenvalue weighted by Gasteiger charge is -2.15. The monoisotopic (exact) mass is 260 g/mol. The highest BCUT2D eigenvalue weighted by molar-refractivity contribution is 6.30. The third-order valence-electron chi connectivity index (χ3n) is 3.09. The zero-order chi connectivity index (χ0) is 13.0. The Hall–Kier alpha value is -1.38. The largest absolute Gasteiger partial charge is 0.306 e. The Balaban J connectivity index is 2.00. The molecule has 0 aliphatic heterocycles. The van der Waals surface area contributed by atoms with Crippen LogP contribution >= 0.6 is 11.6 Å². The highest BCUT2D eigenvalue weighted by atomic mass is 35.5. The molecule has 94 valence electrons. The first-order chi connectivity index (χ1) is 8.66. The number of nitrogens with zero attached hydrogens (tertiary/aromatic N) is 1. The van der Waals surface area contributed by atoms with Gasteiger partial charge in [-0.3, -0.25) is 4.98 Å². The molecule has 1 aromatic heterocycles. The van der Waals surface area contributed by atoms with Crippen LogP contribution in [0.3, 0.4) is 0 Å². The number of halogens is 1. The van der Waals surface area contributed by atoms with Crippen molar-refractivity contribution in [1.29, 1.82) is 0 Å². The molecule has 2 rings (SSSR count). The van der Waals surface area contributed by atoms with Gasteiger partial charge in [-0.2, -0.15) is 0 Å². The fourth-order valence-corrected chi connectivity index (χ4v) is 2.04. The molecule has 0 saturated heterocycles. The third kappa shape index (κ3) is 3.31. The van der Waals surface area contributed by atoms with E-state index in [-0.39, 0.29) is 6.04 Å². The van der Waals surface area contributed by atoms with Crippen LogP contribution < -0.4 is 5.32 Å². The maximum Gasteiger partial charge on any atom is 0.0409 e. The summed E-state index contributed by atoms with van der Waals surface area (Å²) in [4.78, 5) is 4.15. The first-order valence-corrected chi connectivity index (χ1v) is 6.43. The quantitative estimate of drug-likeness (QED) is 0.902. The van der Waals surface area contributed by atoms with E-state index < -0.39 is 0 Å². The number of hydrogen-bond donors (Lipinski definition) is 1. The van der Waals surface area contributed by atoms with E-state index in [1.165, 1.54) is 16.7 Å². The fourth-order valence-electron chi connectivity index (χ4n) is 1.84. The van der Waals surface area contributed by atoms with Crippen molar-refractivity contribution in [2.45, 2.75) is 26.4 Å². The average molecular weight is 261 g/mol. The SMILES string of the molecule is Cc1ccncc1CN[C@H](C)c1cccc(Cl)c1. The minimum Gasteiger partial charge on any atom is -0.306 e. The number of aryl methyl sites for hydroxylation is 1. The normalized spacial score (nSPS) is 12.4. The van der Waals surface area contributed by atoms with Crippen molar-refractivity contribution in [2.75, 3.05) is 0 Å². The first kappa shape index (κ1) is 13.1. The number of benzene rings is 1. The van der Waals surface area contributed by atoms with Crippen LogP contribution in [-0.2, 0) is 6.54 Å². The molecule has 1 N–H and O–H groups in total. The summed E-state index contributed by atoms with van der Waals surface area (Å²) in [5.41, 5.74) is 3.69. The fraction of sp³-hybridized carbons (Fsp3) is 0.267. The van der Waals surface area contributed by atoms with E-state index in [4.69, 9.17) is 11.6 Å². The highest BCUT2D eigenvalue weighted by Gasteiger charge is 2.06. The van der Waals surface area contributed by atoms with Crippen LogP contribution in [0.15, 0.2) is 42.7 Å². The summed E-state index contributed by atoms with van der Waals surface area (Å²) in [5.74, 6) is 0. The minimum atomic E-state index is 0.267. The molecule has 0 saturated carbocycles. The third-order valence-corrected chi connectivity index (χ3v) is 3.33. The number of hydrogen-bond acceptors (Lipinski definition) is 2. The van der Waals surface area contributed by atoms with Gasteiger partial charge in [0.05, 0.1) is 0 Å². The smallest absolute Gasteiger partial charge is 0.0409 e. The Morgan fingerprint density at radius 2 is 2.17 bits per heavy atom. The van der Waals surface area contributed by atoms with Crippen LogP contribution in [0.5, 0.6) is 0 Å². The van der Waals surface area contributed by atoms with Gasteiger partial charge in [0, 0.05) is 30.0 Å². The van der Waals surface area contributed by atoms with Crippen molar-refractivity contribution in [3.8, 4) is 0 Å². The van der Waals surface area contributed by atoms with Gasteiger partial charge in [0.1, 0.15) is 0 Å². The van der Waals surface area contributed by atoms with Crippen LogP contribution in [0.1, 0.15) is 29.7 Å². The summed E-state index contributed by atoms with van der Waals surface area (Å²) in [7, 11) is 0. The zero-order valence-electron chi connectivity index (χ0n) is 10.7. The molecule has 0 aliphatic carbocycles. The molecule has 0 fully saturated rings. The van der Waals surface area contributed by atoms with Crippen LogP contribution in [0, 0.1) is 6.92 Å². The molecule has 0 unspecified atom stereocenters. The van der Waals surface area contributed by atoms with Crippen LogP contribution in [0.2, 0.25) is 5.02 Å². The standard InChI is InChI=1S/C15H17ClN2/c1-11-6-7-17-9-14(11)10-18-12(2)13-4-3-5-15(16)8-13/h3-9,12,18H,10H2,1-2H3/t12-/m1/s1. The Kier molecular flexibility index (Phi) is 4.34. The van der Waals surface area contributed by atoms with Gasteiger partial charge in [-0.15, -0.1) is 0 Å². The highest BCUT2D eigenvalue weighted by Crippen LogP contribution is 2.18. The number of rotatable bonds is 4. The molecule has 0 amide bonds. The summed E-state index contributed by atoms with van der Waals surface area (Å²) in [6.45, 7) is 5.05. The van der Waals surface area contributed by atoms with Crippen molar-refractivity contribution < 1.29 is 0 Å². The summed E-state index contributed by atoms with van der Waals surface area (Å²) in [6, 6.07) is 10.2. The lowest BCUT2D eigenvalue weighted by molar-refractivity contribution is 0.572. The van der Waals surface area contributed by atoms with Gasteiger partial charge in [-0.05, 0) is 48.7 Å². The zero-order valence-corrected chi connectivity index (χ0v) is 11.4. The van der Waals surface area contributed by atoms with Crippen molar-refractivity contribution in [3.05, 3.63) is 64.4 Å². The summed E-state index contributed by atoms with van der Waals surface area (Å²) < 4.78 is 0. The predicted molar refractivity (Wildman–Crippen MR) is 75.7 cm³/mol. The Labute approximate surface area is 113 Å². The molecule has 1 atom stereocenters. The first-order valence-electron chi connectivity index (χ1n) is 6.05. The molecular formula is C15H17ClN2. The second-order valence-electron chi connectivity index (χ2n) is 4.46. The van der Waals surface area contributed by atoms with Crippen LogP contribution in [0.25, 0.3) is 0 Å². The van der Waals surface area contributed by atoms with Crippen LogP contribution in [-0.4, -0.2) is 4.98 Å². The van der Waals surface area contributed by atoms with E-state index in [0.717, 1.165) is 11.6 Å². The van der Waals surface area contributed by atoms with E-state index in [2.05, 4.69) is 30.2 Å². The second-order valence-corrected chi connectivity index (χ2v) is 4.90. The molecule has 0 aliphatic rings. The molecule has 2 nitrogen and oxygen atoms in total. The van der Waals surface area contributed by atoms with Crippen molar-refractivity contribution in [3.63, 3.8) is 0 Å². The minimum absolute atomic E-state index is 0.267. The average Bonchev–Trinajstić information content (AvgIpc) is 2.37. The molecule has 18 heavy (non-hydrogen) atoms. The van der Waals surface area contributed by atoms with Crippen molar-refractivity contribution >= 4 is 11.6 Å². The second kappa shape index (κ2) is 5.98. The summed E-state index contributed by atoms with van der Waals surface area (Å²) in [6.07, 6.45) is 3.73. The number of aromatic nitrogens is 1. The van der Waals surface area contributed by atoms with E-state index in [1.54, 1.807) is 0 Å². The number of pyridine rings is 1. The molecule has 0 spiro atoms. The molecule has 0 radical (unpaired) electrons. The topological polar surface area (TPSA) is 24.9 Å². The molecule has 2 aromatic rings. The summed E-state index contributed by atoms with van der Waals surface area (Å²) >= 11 is 5.99. The maximum atomic E-state index is 5.99. The molecule has 0 bridgehead atoms. The van der Waals surface area contributed by atoms with Gasteiger partial charge < -0.3 is 5.32 Å². The lowest BCUT2D eigenvalue weighted by Crippen LogP contribution is -2.18. The lowest BCUT2D eigenvalue weighted by atomic mass is 10.1. The van der Waals surface area contributed by atoms with Gasteiger partial charge >= 0.3 is 0 Å². The number of nitrogens with one attached hydrogen (secondary N) is 1. The van der Waals surface area contributed by atoms with Crippen LogP contribution in [0.4, 0.5) is 0 Å². The van der Waals surface area contributed by atoms with Gasteiger partial charge in [0.15, 0.2) is 0 Å². The molecule has 3 heteroatoms. The van der Waals surface area contributed by atoms with E-state index in [1.807, 2.05) is 36.7 Å². The van der Waals surface area contributed by atoms with Gasteiger partial charge in [-0.1, -0.05) is 23.7 Å².